The quantitative estimate of drug-likeness (QED) is 0.604. The van der Waals surface area contributed by atoms with E-state index >= 15 is 0 Å². The molecule has 0 N–H and O–H groups in total. The number of benzene rings is 1. The number of hydrogen-bond donors (Lipinski definition) is 0. The number of hydrogen-bond acceptors (Lipinski definition) is 2. The molecule has 0 radical (unpaired) electrons. The van der Waals surface area contributed by atoms with Gasteiger partial charge in [-0.15, -0.1) is 0 Å². The largest absolute Gasteiger partial charge is 0.296 e. The Balaban J connectivity index is 2.93. The number of alkyl halides is 1. The highest BCUT2D eigenvalue weighted by Crippen LogP contribution is 2.23. The summed E-state index contributed by atoms with van der Waals surface area (Å²) >= 11 is 11.5. The van der Waals surface area contributed by atoms with Crippen LogP contribution in [0.15, 0.2) is 18.2 Å². The highest BCUT2D eigenvalue weighted by molar-refractivity contribution is 6.36. The minimum atomic E-state index is -2.18. The van der Waals surface area contributed by atoms with E-state index in [1.165, 1.54) is 18.2 Å². The Kier molecular flexibility index (Phi) is 5.29. The van der Waals surface area contributed by atoms with Crippen LogP contribution in [-0.4, -0.2) is 17.7 Å². The Hall–Kier alpha value is -0.930. The summed E-state index contributed by atoms with van der Waals surface area (Å²) in [7, 11) is 0. The normalized spacial score (nSPS) is 12.6. The molecular weight excluding hydrogens is 278 g/mol. The molecular formula is C13H13Cl2FO2. The van der Waals surface area contributed by atoms with Crippen molar-refractivity contribution in [3.8, 4) is 0 Å². The molecule has 5 heteroatoms. The molecule has 0 saturated heterocycles. The van der Waals surface area contributed by atoms with Crippen molar-refractivity contribution in [3.05, 3.63) is 33.8 Å². The zero-order chi connectivity index (χ0) is 13.9. The van der Waals surface area contributed by atoms with Crippen molar-refractivity contribution in [2.45, 2.75) is 26.4 Å². The molecule has 98 valence electrons. The molecule has 18 heavy (non-hydrogen) atoms. The number of Topliss-reactive ketones (excluding diaryl/α,β-unsaturated/α-hetero) is 2. The summed E-state index contributed by atoms with van der Waals surface area (Å²) in [5.41, 5.74) is -0.0613. The molecule has 1 atom stereocenters. The Morgan fingerprint density at radius 2 is 1.89 bits per heavy atom. The van der Waals surface area contributed by atoms with E-state index in [-0.39, 0.29) is 27.9 Å². The lowest BCUT2D eigenvalue weighted by atomic mass is 9.98. The molecule has 0 aromatic heterocycles. The molecule has 2 nitrogen and oxygen atoms in total. The first-order valence-electron chi connectivity index (χ1n) is 5.49. The van der Waals surface area contributed by atoms with Crippen molar-refractivity contribution >= 4 is 34.8 Å². The van der Waals surface area contributed by atoms with E-state index in [0.29, 0.717) is 0 Å². The minimum absolute atomic E-state index is 0.00150. The highest BCUT2D eigenvalue weighted by atomic mass is 35.5. The van der Waals surface area contributed by atoms with Gasteiger partial charge in [-0.2, -0.15) is 0 Å². The van der Waals surface area contributed by atoms with E-state index in [0.717, 1.165) is 0 Å². The van der Waals surface area contributed by atoms with Gasteiger partial charge in [0.15, 0.2) is 5.78 Å². The lowest BCUT2D eigenvalue weighted by Gasteiger charge is -2.09. The van der Waals surface area contributed by atoms with Crippen molar-refractivity contribution in [1.29, 1.82) is 0 Å². The van der Waals surface area contributed by atoms with Gasteiger partial charge in [0.25, 0.3) is 0 Å². The predicted molar refractivity (Wildman–Crippen MR) is 70.2 cm³/mol. The van der Waals surface area contributed by atoms with Crippen LogP contribution in [0.2, 0.25) is 10.0 Å². The molecule has 0 aliphatic heterocycles. The Morgan fingerprint density at radius 3 is 2.44 bits per heavy atom. The fraction of sp³-hybridized carbons (Fsp3) is 0.385. The maximum Gasteiger partial charge on any atom is 0.220 e. The molecule has 0 fully saturated rings. The van der Waals surface area contributed by atoms with Crippen LogP contribution in [0.4, 0.5) is 4.39 Å². The molecule has 0 aliphatic carbocycles. The Morgan fingerprint density at radius 1 is 1.28 bits per heavy atom. The van der Waals surface area contributed by atoms with Gasteiger partial charge in [0.2, 0.25) is 12.0 Å². The highest BCUT2D eigenvalue weighted by Gasteiger charge is 2.28. The third kappa shape index (κ3) is 3.79. The van der Waals surface area contributed by atoms with E-state index in [2.05, 4.69) is 0 Å². The standard InChI is InChI=1S/C13H13Cl2FO2/c1-7(2)5-11(17)12(16)13(18)9-6-8(14)3-4-10(9)15/h3-4,6-7,12H,5H2,1-2H3. The number of carbonyl (C=O) groups is 2. The molecule has 1 rings (SSSR count). The molecule has 0 heterocycles. The summed E-state index contributed by atoms with van der Waals surface area (Å²) < 4.78 is 13.7. The minimum Gasteiger partial charge on any atom is -0.296 e. The topological polar surface area (TPSA) is 34.1 Å². The van der Waals surface area contributed by atoms with E-state index in [1.54, 1.807) is 13.8 Å². The molecule has 0 saturated carbocycles. The second kappa shape index (κ2) is 6.30. The maximum absolute atomic E-state index is 13.7. The second-order valence-corrected chi connectivity index (χ2v) is 5.26. The Labute approximate surface area is 115 Å². The first kappa shape index (κ1) is 15.1. The first-order valence-corrected chi connectivity index (χ1v) is 6.24. The van der Waals surface area contributed by atoms with Crippen LogP contribution in [-0.2, 0) is 4.79 Å². The van der Waals surface area contributed by atoms with Gasteiger partial charge < -0.3 is 0 Å². The van der Waals surface area contributed by atoms with Gasteiger partial charge in [0.1, 0.15) is 0 Å². The van der Waals surface area contributed by atoms with Crippen molar-refractivity contribution in [2.75, 3.05) is 0 Å². The molecule has 1 aromatic rings. The fourth-order valence-corrected chi connectivity index (χ4v) is 1.86. The monoisotopic (exact) mass is 290 g/mol. The van der Waals surface area contributed by atoms with E-state index in [1.807, 2.05) is 0 Å². The zero-order valence-corrected chi connectivity index (χ0v) is 11.6. The predicted octanol–water partition coefficient (Wildman–Crippen LogP) is 4.13. The van der Waals surface area contributed by atoms with Crippen molar-refractivity contribution in [2.24, 2.45) is 5.92 Å². The van der Waals surface area contributed by atoms with E-state index in [4.69, 9.17) is 23.2 Å². The fourth-order valence-electron chi connectivity index (χ4n) is 1.47. The summed E-state index contributed by atoms with van der Waals surface area (Å²) in [5.74, 6) is -1.67. The van der Waals surface area contributed by atoms with Crippen LogP contribution in [0.5, 0.6) is 0 Å². The van der Waals surface area contributed by atoms with Crippen LogP contribution in [0.1, 0.15) is 30.6 Å². The zero-order valence-electron chi connectivity index (χ0n) is 10.0. The van der Waals surface area contributed by atoms with Crippen LogP contribution in [0, 0.1) is 5.92 Å². The molecule has 0 aliphatic rings. The molecule has 0 amide bonds. The van der Waals surface area contributed by atoms with E-state index < -0.39 is 17.7 Å². The van der Waals surface area contributed by atoms with Crippen LogP contribution in [0.3, 0.4) is 0 Å². The maximum atomic E-state index is 13.7. The summed E-state index contributed by atoms with van der Waals surface area (Å²) in [6.07, 6.45) is -2.16. The van der Waals surface area contributed by atoms with Gasteiger partial charge in [0.05, 0.1) is 5.02 Å². The van der Waals surface area contributed by atoms with Gasteiger partial charge >= 0.3 is 0 Å². The average Bonchev–Trinajstić information content (AvgIpc) is 2.29. The first-order chi connectivity index (χ1) is 8.32. The van der Waals surface area contributed by atoms with Crippen LogP contribution in [0.25, 0.3) is 0 Å². The van der Waals surface area contributed by atoms with Crippen LogP contribution < -0.4 is 0 Å². The smallest absolute Gasteiger partial charge is 0.220 e. The Bertz CT molecular complexity index is 472. The number of rotatable bonds is 5. The second-order valence-electron chi connectivity index (χ2n) is 4.42. The van der Waals surface area contributed by atoms with Crippen molar-refractivity contribution < 1.29 is 14.0 Å². The molecule has 0 spiro atoms. The summed E-state index contributed by atoms with van der Waals surface area (Å²) in [6, 6.07) is 4.15. The van der Waals surface area contributed by atoms with Crippen molar-refractivity contribution in [3.63, 3.8) is 0 Å². The van der Waals surface area contributed by atoms with Gasteiger partial charge in [-0.1, -0.05) is 37.0 Å². The summed E-state index contributed by atoms with van der Waals surface area (Å²) in [6.45, 7) is 3.56. The van der Waals surface area contributed by atoms with Gasteiger partial charge in [-0.05, 0) is 24.1 Å². The summed E-state index contributed by atoms with van der Waals surface area (Å²) in [4.78, 5) is 23.3. The van der Waals surface area contributed by atoms with Crippen LogP contribution >= 0.6 is 23.2 Å². The van der Waals surface area contributed by atoms with Gasteiger partial charge in [-0.25, -0.2) is 4.39 Å². The molecule has 1 unspecified atom stereocenters. The summed E-state index contributed by atoms with van der Waals surface area (Å²) in [5, 5.41) is 0.357. The van der Waals surface area contributed by atoms with Gasteiger partial charge in [-0.3, -0.25) is 9.59 Å². The number of halogens is 3. The third-order valence-corrected chi connectivity index (χ3v) is 2.88. The van der Waals surface area contributed by atoms with Crippen molar-refractivity contribution in [1.82, 2.24) is 0 Å². The lowest BCUT2D eigenvalue weighted by molar-refractivity contribution is -0.122. The SMILES string of the molecule is CC(C)CC(=O)C(F)C(=O)c1cc(Cl)ccc1Cl. The molecule has 1 aromatic carbocycles. The number of carbonyl (C=O) groups excluding carboxylic acids is 2. The lowest BCUT2D eigenvalue weighted by Crippen LogP contribution is -2.27. The van der Waals surface area contributed by atoms with Gasteiger partial charge in [0, 0.05) is 17.0 Å². The third-order valence-electron chi connectivity index (χ3n) is 2.32. The average molecular weight is 291 g/mol. The van der Waals surface area contributed by atoms with E-state index in [9.17, 15) is 14.0 Å². The number of ketones is 2. The molecule has 0 bridgehead atoms.